The Morgan fingerprint density at radius 3 is 2.30 bits per heavy atom. The number of nitrogens with zero attached hydrogens (tertiary/aromatic N) is 2. The van der Waals surface area contributed by atoms with E-state index in [1.54, 1.807) is 0 Å². The zero-order valence-corrected chi connectivity index (χ0v) is 16.4. The average Bonchev–Trinajstić information content (AvgIpc) is 3.14. The summed E-state index contributed by atoms with van der Waals surface area (Å²) in [6, 6.07) is 27.8. The maximum atomic E-state index is 9.40. The summed E-state index contributed by atoms with van der Waals surface area (Å²) in [5.74, 6) is 0. The van der Waals surface area contributed by atoms with E-state index in [0.717, 1.165) is 22.2 Å². The lowest BCUT2D eigenvalue weighted by Gasteiger charge is -2.11. The highest BCUT2D eigenvalue weighted by Crippen LogP contribution is 2.38. The molecule has 0 bridgehead atoms. The molecule has 0 amide bonds. The van der Waals surface area contributed by atoms with E-state index in [1.807, 2.05) is 18.3 Å². The van der Waals surface area contributed by atoms with Crippen molar-refractivity contribution in [2.45, 2.75) is 6.54 Å². The molecular formula is C27H20N2O. The monoisotopic (exact) mass is 388 g/mol. The first-order chi connectivity index (χ1) is 14.8. The normalized spacial score (nSPS) is 12.3. The van der Waals surface area contributed by atoms with Crippen molar-refractivity contribution >= 4 is 55.1 Å². The van der Waals surface area contributed by atoms with Crippen LogP contribution in [0.1, 0.15) is 5.56 Å². The van der Waals surface area contributed by atoms with Gasteiger partial charge in [-0.15, -0.1) is 0 Å². The van der Waals surface area contributed by atoms with E-state index in [2.05, 4.69) is 77.5 Å². The number of hydrogen-bond donors (Lipinski definition) is 1. The van der Waals surface area contributed by atoms with Crippen LogP contribution in [0.3, 0.4) is 0 Å². The summed E-state index contributed by atoms with van der Waals surface area (Å²) in [6.07, 6.45) is 4.02. The molecule has 0 aliphatic carbocycles. The van der Waals surface area contributed by atoms with Crippen LogP contribution in [-0.2, 0) is 6.54 Å². The topological polar surface area (TPSA) is 37.5 Å². The van der Waals surface area contributed by atoms with Gasteiger partial charge in [-0.25, -0.2) is 0 Å². The van der Waals surface area contributed by atoms with Gasteiger partial charge in [0.25, 0.3) is 0 Å². The Balaban J connectivity index is 1.54. The van der Waals surface area contributed by atoms with Crippen LogP contribution in [0.5, 0.6) is 0 Å². The molecule has 0 unspecified atom stereocenters. The number of aromatic nitrogens is 1. The third-order valence-corrected chi connectivity index (χ3v) is 6.01. The summed E-state index contributed by atoms with van der Waals surface area (Å²) in [5.41, 5.74) is 3.15. The number of rotatable bonds is 4. The third kappa shape index (κ3) is 2.53. The standard InChI is InChI=1S/C27H20N2O/c30-15-14-29-17-21(22-6-1-2-7-25(22)29)16-28-24-13-11-20-9-8-18-4-3-5-19-10-12-23(24)27(20)26(18)19/h1-13,16-17,30H,14-15H2. The Morgan fingerprint density at radius 2 is 1.47 bits per heavy atom. The lowest BCUT2D eigenvalue weighted by Crippen LogP contribution is -1.99. The van der Waals surface area contributed by atoms with Crippen molar-refractivity contribution in [3.63, 3.8) is 0 Å². The number of aliphatic imine (C=N–C) groups is 1. The fourth-order valence-electron chi connectivity index (χ4n) is 4.64. The molecule has 0 spiro atoms. The van der Waals surface area contributed by atoms with Crippen molar-refractivity contribution in [3.8, 4) is 0 Å². The van der Waals surface area contributed by atoms with Crippen molar-refractivity contribution in [2.75, 3.05) is 6.61 Å². The van der Waals surface area contributed by atoms with Crippen LogP contribution in [0.25, 0.3) is 43.2 Å². The Morgan fingerprint density at radius 1 is 0.733 bits per heavy atom. The van der Waals surface area contributed by atoms with Crippen LogP contribution < -0.4 is 0 Å². The lowest BCUT2D eigenvalue weighted by atomic mass is 9.93. The Bertz CT molecular complexity index is 1540. The molecule has 144 valence electrons. The summed E-state index contributed by atoms with van der Waals surface area (Å²) >= 11 is 0. The second kappa shape index (κ2) is 6.68. The smallest absolute Gasteiger partial charge is 0.0708 e. The Labute approximate surface area is 173 Å². The molecule has 0 aliphatic rings. The van der Waals surface area contributed by atoms with Gasteiger partial charge >= 0.3 is 0 Å². The molecular weight excluding hydrogens is 368 g/mol. The van der Waals surface area contributed by atoms with Gasteiger partial charge in [-0.05, 0) is 39.1 Å². The minimum Gasteiger partial charge on any atom is -0.395 e. The van der Waals surface area contributed by atoms with E-state index < -0.39 is 0 Å². The molecule has 0 saturated carbocycles. The van der Waals surface area contributed by atoms with Gasteiger partial charge in [0.1, 0.15) is 0 Å². The first-order valence-corrected chi connectivity index (χ1v) is 10.2. The number of hydrogen-bond acceptors (Lipinski definition) is 2. The van der Waals surface area contributed by atoms with E-state index >= 15 is 0 Å². The van der Waals surface area contributed by atoms with Gasteiger partial charge in [-0.2, -0.15) is 0 Å². The molecule has 0 aliphatic heterocycles. The molecule has 30 heavy (non-hydrogen) atoms. The molecule has 0 saturated heterocycles. The first kappa shape index (κ1) is 17.2. The van der Waals surface area contributed by atoms with Crippen LogP contribution in [0.4, 0.5) is 5.69 Å². The molecule has 1 heterocycles. The van der Waals surface area contributed by atoms with Crippen molar-refractivity contribution in [3.05, 3.63) is 90.6 Å². The van der Waals surface area contributed by atoms with Crippen LogP contribution in [0.15, 0.2) is 90.1 Å². The quantitative estimate of drug-likeness (QED) is 0.280. The fourth-order valence-corrected chi connectivity index (χ4v) is 4.64. The number of benzene rings is 5. The lowest BCUT2D eigenvalue weighted by molar-refractivity contribution is 0.278. The van der Waals surface area contributed by atoms with Crippen molar-refractivity contribution in [1.29, 1.82) is 0 Å². The average molecular weight is 388 g/mol. The highest BCUT2D eigenvalue weighted by atomic mass is 16.3. The third-order valence-electron chi connectivity index (χ3n) is 6.01. The minimum atomic E-state index is 0.115. The zero-order chi connectivity index (χ0) is 20.1. The number of fused-ring (bicyclic) bond motifs is 1. The van der Waals surface area contributed by atoms with Gasteiger partial charge < -0.3 is 9.67 Å². The summed E-state index contributed by atoms with van der Waals surface area (Å²) in [6.45, 7) is 0.692. The fraction of sp³-hybridized carbons (Fsp3) is 0.0741. The predicted molar refractivity (Wildman–Crippen MR) is 126 cm³/mol. The molecule has 3 nitrogen and oxygen atoms in total. The van der Waals surface area contributed by atoms with Crippen LogP contribution >= 0.6 is 0 Å². The molecule has 1 aromatic heterocycles. The molecule has 6 rings (SSSR count). The molecule has 5 aromatic carbocycles. The molecule has 0 radical (unpaired) electrons. The van der Waals surface area contributed by atoms with Crippen LogP contribution in [-0.4, -0.2) is 22.5 Å². The maximum absolute atomic E-state index is 9.40. The second-order valence-corrected chi connectivity index (χ2v) is 7.72. The Kier molecular flexibility index (Phi) is 3.83. The predicted octanol–water partition coefficient (Wildman–Crippen LogP) is 6.28. The molecule has 0 atom stereocenters. The summed E-state index contributed by atoms with van der Waals surface area (Å²) in [7, 11) is 0. The molecule has 6 aromatic rings. The summed E-state index contributed by atoms with van der Waals surface area (Å²) < 4.78 is 2.08. The van der Waals surface area contributed by atoms with Gasteiger partial charge in [0, 0.05) is 40.8 Å². The van der Waals surface area contributed by atoms with Gasteiger partial charge in [-0.3, -0.25) is 4.99 Å². The summed E-state index contributed by atoms with van der Waals surface area (Å²) in [5, 5.41) is 18.1. The van der Waals surface area contributed by atoms with Gasteiger partial charge in [0.2, 0.25) is 0 Å². The van der Waals surface area contributed by atoms with E-state index in [0.29, 0.717) is 6.54 Å². The number of aliphatic hydroxyl groups excluding tert-OH is 1. The summed E-state index contributed by atoms with van der Waals surface area (Å²) in [4.78, 5) is 4.90. The molecule has 3 heteroatoms. The maximum Gasteiger partial charge on any atom is 0.0708 e. The molecule has 1 N–H and O–H groups in total. The van der Waals surface area contributed by atoms with Crippen LogP contribution in [0.2, 0.25) is 0 Å². The minimum absolute atomic E-state index is 0.115. The van der Waals surface area contributed by atoms with E-state index in [-0.39, 0.29) is 6.61 Å². The van der Waals surface area contributed by atoms with Gasteiger partial charge in [-0.1, -0.05) is 66.7 Å². The Hall–Kier alpha value is -3.69. The van der Waals surface area contributed by atoms with Gasteiger partial charge in [0.05, 0.1) is 12.3 Å². The second-order valence-electron chi connectivity index (χ2n) is 7.72. The van der Waals surface area contributed by atoms with E-state index in [1.165, 1.54) is 32.3 Å². The van der Waals surface area contributed by atoms with Crippen molar-refractivity contribution in [1.82, 2.24) is 4.57 Å². The van der Waals surface area contributed by atoms with Crippen LogP contribution in [0, 0.1) is 0 Å². The number of aliphatic hydroxyl groups is 1. The van der Waals surface area contributed by atoms with E-state index in [4.69, 9.17) is 4.99 Å². The molecule has 0 fully saturated rings. The van der Waals surface area contributed by atoms with Gasteiger partial charge in [0.15, 0.2) is 0 Å². The first-order valence-electron chi connectivity index (χ1n) is 10.2. The van der Waals surface area contributed by atoms with E-state index in [9.17, 15) is 5.11 Å². The van der Waals surface area contributed by atoms with Crippen molar-refractivity contribution < 1.29 is 5.11 Å². The SMILES string of the molecule is OCCn1cc(C=Nc2ccc3ccc4cccc5ccc2c3c45)c2ccccc21. The largest absolute Gasteiger partial charge is 0.395 e. The highest BCUT2D eigenvalue weighted by molar-refractivity contribution is 6.25. The zero-order valence-electron chi connectivity index (χ0n) is 16.4. The van der Waals surface area contributed by atoms with Crippen molar-refractivity contribution in [2.24, 2.45) is 4.99 Å². The number of para-hydroxylation sites is 1. The highest BCUT2D eigenvalue weighted by Gasteiger charge is 2.11.